The predicted octanol–water partition coefficient (Wildman–Crippen LogP) is 1.86. The Bertz CT molecular complexity index is 619. The first-order valence-corrected chi connectivity index (χ1v) is 9.62. The Kier molecular flexibility index (Phi) is 5.16. The number of carbonyl (C=O) groups excluding carboxylic acids is 1. The molecule has 2 heterocycles. The van der Waals surface area contributed by atoms with E-state index in [0.717, 1.165) is 0 Å². The van der Waals surface area contributed by atoms with Crippen LogP contribution in [0, 0.1) is 0 Å². The Labute approximate surface area is 134 Å². The third kappa shape index (κ3) is 4.34. The van der Waals surface area contributed by atoms with Crippen molar-refractivity contribution in [3.8, 4) is 0 Å². The van der Waals surface area contributed by atoms with Gasteiger partial charge in [-0.05, 0) is 25.5 Å². The molecule has 1 aliphatic rings. The zero-order valence-corrected chi connectivity index (χ0v) is 14.2. The topological polar surface area (TPSA) is 67.3 Å². The van der Waals surface area contributed by atoms with Crippen molar-refractivity contribution in [3.63, 3.8) is 0 Å². The fraction of sp³-hybridized carbons (Fsp3) is 0.538. The van der Waals surface area contributed by atoms with Crippen molar-refractivity contribution in [1.29, 1.82) is 0 Å². The van der Waals surface area contributed by atoms with Crippen LogP contribution in [0.25, 0.3) is 0 Å². The minimum Gasteiger partial charge on any atom is -0.341 e. The van der Waals surface area contributed by atoms with E-state index in [1.54, 1.807) is 31.0 Å². The molecule has 0 aromatic carbocycles. The maximum absolute atomic E-state index is 12.4. The van der Waals surface area contributed by atoms with Gasteiger partial charge in [-0.1, -0.05) is 23.4 Å². The van der Waals surface area contributed by atoms with Crippen LogP contribution in [0.4, 0.5) is 0 Å². The quantitative estimate of drug-likeness (QED) is 0.777. The number of aromatic nitrogens is 1. The van der Waals surface area contributed by atoms with Gasteiger partial charge in [0.1, 0.15) is 0 Å². The van der Waals surface area contributed by atoms with E-state index in [0.29, 0.717) is 16.5 Å². The highest BCUT2D eigenvalue weighted by Crippen LogP contribution is 2.25. The molecule has 1 saturated heterocycles. The van der Waals surface area contributed by atoms with E-state index >= 15 is 0 Å². The molecular formula is C13H17ClN2O3S2. The summed E-state index contributed by atoms with van der Waals surface area (Å²) in [6.45, 7) is 1.79. The first-order valence-electron chi connectivity index (χ1n) is 6.54. The number of carbonyl (C=O) groups is 1. The lowest BCUT2D eigenvalue weighted by molar-refractivity contribution is -0.130. The smallest absolute Gasteiger partial charge is 0.235 e. The van der Waals surface area contributed by atoms with Gasteiger partial charge in [-0.25, -0.2) is 13.4 Å². The highest BCUT2D eigenvalue weighted by Gasteiger charge is 2.34. The molecule has 0 spiro atoms. The van der Waals surface area contributed by atoms with Gasteiger partial charge in [-0.3, -0.25) is 4.79 Å². The van der Waals surface area contributed by atoms with Crippen molar-refractivity contribution in [2.75, 3.05) is 18.6 Å². The maximum atomic E-state index is 12.4. The number of pyridine rings is 1. The number of hydrogen-bond donors (Lipinski definition) is 0. The number of thioether (sulfide) groups is 1. The Morgan fingerprint density at radius 1 is 1.52 bits per heavy atom. The van der Waals surface area contributed by atoms with Gasteiger partial charge in [0.15, 0.2) is 9.84 Å². The van der Waals surface area contributed by atoms with E-state index in [9.17, 15) is 13.2 Å². The van der Waals surface area contributed by atoms with Crippen molar-refractivity contribution in [1.82, 2.24) is 9.88 Å². The lowest BCUT2D eigenvalue weighted by Gasteiger charge is -2.26. The van der Waals surface area contributed by atoms with E-state index in [1.807, 2.05) is 0 Å². The zero-order valence-electron chi connectivity index (χ0n) is 11.8. The average molecular weight is 349 g/mol. The molecule has 0 saturated carbocycles. The fourth-order valence-corrected chi connectivity index (χ4v) is 4.99. The molecule has 0 radical (unpaired) electrons. The molecule has 2 atom stereocenters. The summed E-state index contributed by atoms with van der Waals surface area (Å²) >= 11 is 7.11. The number of rotatable bonds is 4. The summed E-state index contributed by atoms with van der Waals surface area (Å²) in [6.07, 6.45) is 2.05. The van der Waals surface area contributed by atoms with Crippen molar-refractivity contribution in [2.24, 2.45) is 0 Å². The molecule has 21 heavy (non-hydrogen) atoms. The molecule has 2 rings (SSSR count). The standard InChI is InChI=1S/C13H17ClN2O3S2/c1-9(20-12-4-3-10(14)7-15-12)13(17)16(2)11-5-6-21(18,19)8-11/h3-4,7,9,11H,5-6,8H2,1-2H3/t9-,11-/m1/s1. The van der Waals surface area contributed by atoms with Crippen molar-refractivity contribution in [2.45, 2.75) is 29.7 Å². The first kappa shape index (κ1) is 16.6. The molecule has 1 amide bonds. The second-order valence-electron chi connectivity index (χ2n) is 5.08. The van der Waals surface area contributed by atoms with Gasteiger partial charge in [-0.2, -0.15) is 0 Å². The third-order valence-corrected chi connectivity index (χ3v) is 6.46. The van der Waals surface area contributed by atoms with Crippen LogP contribution in [0.3, 0.4) is 0 Å². The van der Waals surface area contributed by atoms with E-state index < -0.39 is 9.84 Å². The third-order valence-electron chi connectivity index (χ3n) is 3.45. The summed E-state index contributed by atoms with van der Waals surface area (Å²) in [6, 6.07) is 3.27. The highest BCUT2D eigenvalue weighted by molar-refractivity contribution is 8.00. The number of nitrogens with zero attached hydrogens (tertiary/aromatic N) is 2. The van der Waals surface area contributed by atoms with Crippen molar-refractivity contribution >= 4 is 39.1 Å². The van der Waals surface area contributed by atoms with Crippen LogP contribution in [0.15, 0.2) is 23.4 Å². The van der Waals surface area contributed by atoms with Gasteiger partial charge in [0.25, 0.3) is 0 Å². The van der Waals surface area contributed by atoms with Gasteiger partial charge in [0.05, 0.1) is 26.8 Å². The largest absolute Gasteiger partial charge is 0.341 e. The molecule has 1 aromatic heterocycles. The number of sulfone groups is 1. The minimum atomic E-state index is -2.99. The average Bonchev–Trinajstić information content (AvgIpc) is 2.80. The van der Waals surface area contributed by atoms with Gasteiger partial charge < -0.3 is 4.90 Å². The molecule has 5 nitrogen and oxygen atoms in total. The highest BCUT2D eigenvalue weighted by atomic mass is 35.5. The molecule has 1 aromatic rings. The summed E-state index contributed by atoms with van der Waals surface area (Å²) in [5.41, 5.74) is 0. The van der Waals surface area contributed by atoms with Crippen LogP contribution < -0.4 is 0 Å². The predicted molar refractivity (Wildman–Crippen MR) is 84.4 cm³/mol. The van der Waals surface area contributed by atoms with Crippen molar-refractivity contribution in [3.05, 3.63) is 23.4 Å². The first-order chi connectivity index (χ1) is 9.78. The summed E-state index contributed by atoms with van der Waals surface area (Å²) < 4.78 is 23.0. The Morgan fingerprint density at radius 2 is 2.24 bits per heavy atom. The molecule has 8 heteroatoms. The van der Waals surface area contributed by atoms with Crippen LogP contribution >= 0.6 is 23.4 Å². The monoisotopic (exact) mass is 348 g/mol. The van der Waals surface area contributed by atoms with Gasteiger partial charge in [0, 0.05) is 19.3 Å². The molecule has 0 aliphatic carbocycles. The molecule has 0 N–H and O–H groups in total. The van der Waals surface area contributed by atoms with E-state index in [2.05, 4.69) is 4.98 Å². The van der Waals surface area contributed by atoms with Gasteiger partial charge in [-0.15, -0.1) is 0 Å². The van der Waals surface area contributed by atoms with Crippen molar-refractivity contribution < 1.29 is 13.2 Å². The number of amides is 1. The fourth-order valence-electron chi connectivity index (χ4n) is 2.21. The number of hydrogen-bond acceptors (Lipinski definition) is 5. The summed E-state index contributed by atoms with van der Waals surface area (Å²) in [4.78, 5) is 18.1. The van der Waals surface area contributed by atoms with Crippen LogP contribution in [0.5, 0.6) is 0 Å². The molecule has 1 aliphatic heterocycles. The lowest BCUT2D eigenvalue weighted by Crippen LogP contribution is -2.41. The SMILES string of the molecule is C[C@@H](Sc1ccc(Cl)cn1)C(=O)N(C)[C@@H]1CCS(=O)(=O)C1. The Hall–Kier alpha value is -0.790. The molecule has 0 bridgehead atoms. The zero-order chi connectivity index (χ0) is 15.6. The van der Waals surface area contributed by atoms with E-state index in [1.165, 1.54) is 18.0 Å². The molecular weight excluding hydrogens is 332 g/mol. The normalized spacial score (nSPS) is 22.0. The van der Waals surface area contributed by atoms with Crippen LogP contribution in [-0.4, -0.2) is 54.1 Å². The summed E-state index contributed by atoms with van der Waals surface area (Å²) in [5, 5.41) is 0.936. The van der Waals surface area contributed by atoms with E-state index in [-0.39, 0.29) is 28.7 Å². The molecule has 116 valence electrons. The van der Waals surface area contributed by atoms with Crippen LogP contribution in [-0.2, 0) is 14.6 Å². The number of halogens is 1. The summed E-state index contributed by atoms with van der Waals surface area (Å²) in [5.74, 6) is 0.139. The van der Waals surface area contributed by atoms with Crippen LogP contribution in [0.2, 0.25) is 5.02 Å². The Balaban J connectivity index is 1.97. The van der Waals surface area contributed by atoms with Gasteiger partial charge in [0.2, 0.25) is 5.91 Å². The Morgan fingerprint density at radius 3 is 2.76 bits per heavy atom. The minimum absolute atomic E-state index is 0.0613. The second kappa shape index (κ2) is 6.54. The molecule has 0 unspecified atom stereocenters. The summed E-state index contributed by atoms with van der Waals surface area (Å²) in [7, 11) is -1.32. The maximum Gasteiger partial charge on any atom is 0.235 e. The van der Waals surface area contributed by atoms with Gasteiger partial charge >= 0.3 is 0 Å². The van der Waals surface area contributed by atoms with E-state index in [4.69, 9.17) is 11.6 Å². The lowest BCUT2D eigenvalue weighted by atomic mass is 10.2. The second-order valence-corrected chi connectivity index (χ2v) is 9.11. The van der Waals surface area contributed by atoms with Crippen LogP contribution in [0.1, 0.15) is 13.3 Å². The molecule has 1 fully saturated rings.